The Morgan fingerprint density at radius 3 is 2.79 bits per heavy atom. The number of hydrogen-bond donors (Lipinski definition) is 2. The maximum atomic E-state index is 12.8. The second-order valence-electron chi connectivity index (χ2n) is 6.86. The van der Waals surface area contributed by atoms with Crippen molar-refractivity contribution in [3.8, 4) is 23.1 Å². The zero-order valence-corrected chi connectivity index (χ0v) is 15.6. The van der Waals surface area contributed by atoms with Crippen molar-refractivity contribution in [2.45, 2.75) is 25.4 Å². The van der Waals surface area contributed by atoms with Crippen molar-refractivity contribution in [1.82, 2.24) is 15.2 Å². The lowest BCUT2D eigenvalue weighted by Gasteiger charge is -2.29. The summed E-state index contributed by atoms with van der Waals surface area (Å²) in [7, 11) is 1.47. The molecule has 3 heterocycles. The normalized spacial score (nSPS) is 18.3. The number of benzene rings is 1. The summed E-state index contributed by atoms with van der Waals surface area (Å²) in [5.74, 6) is -0.549. The Kier molecular flexibility index (Phi) is 4.39. The van der Waals surface area contributed by atoms with Gasteiger partial charge in [0.1, 0.15) is 29.4 Å². The van der Waals surface area contributed by atoms with Gasteiger partial charge in [-0.25, -0.2) is 4.98 Å². The molecular formula is C20H17N5O4. The van der Waals surface area contributed by atoms with Gasteiger partial charge < -0.3 is 15.4 Å². The van der Waals surface area contributed by atoms with Gasteiger partial charge in [0, 0.05) is 30.2 Å². The van der Waals surface area contributed by atoms with Crippen LogP contribution in [0.15, 0.2) is 24.3 Å². The number of hydrogen-bond acceptors (Lipinski definition) is 7. The molecule has 0 spiro atoms. The molecule has 1 aromatic carbocycles. The first-order valence-corrected chi connectivity index (χ1v) is 8.95. The number of carbonyl (C=O) groups excluding carboxylic acids is 3. The zero-order valence-electron chi connectivity index (χ0n) is 15.6. The predicted octanol–water partition coefficient (Wildman–Crippen LogP) is 0.972. The van der Waals surface area contributed by atoms with Crippen LogP contribution in [-0.2, 0) is 16.1 Å². The molecule has 146 valence electrons. The van der Waals surface area contributed by atoms with Crippen molar-refractivity contribution >= 4 is 23.5 Å². The monoisotopic (exact) mass is 391 g/mol. The highest BCUT2D eigenvalue weighted by atomic mass is 16.5. The molecule has 1 unspecified atom stereocenters. The lowest BCUT2D eigenvalue weighted by molar-refractivity contribution is -0.136. The van der Waals surface area contributed by atoms with E-state index in [0.29, 0.717) is 29.0 Å². The second kappa shape index (κ2) is 6.91. The highest BCUT2D eigenvalue weighted by Crippen LogP contribution is 2.35. The minimum absolute atomic E-state index is 0.0880. The molecule has 9 nitrogen and oxygen atoms in total. The van der Waals surface area contributed by atoms with Crippen molar-refractivity contribution < 1.29 is 19.1 Å². The summed E-state index contributed by atoms with van der Waals surface area (Å²) in [5, 5.41) is 11.4. The third-order valence-corrected chi connectivity index (χ3v) is 5.15. The molecule has 1 atom stereocenters. The molecule has 1 fully saturated rings. The molecule has 9 heteroatoms. The number of fused-ring (bicyclic) bond motifs is 1. The number of anilines is 1. The van der Waals surface area contributed by atoms with Gasteiger partial charge >= 0.3 is 0 Å². The summed E-state index contributed by atoms with van der Waals surface area (Å²) in [6.07, 6.45) is 0.506. The highest BCUT2D eigenvalue weighted by molar-refractivity contribution is 6.05. The molecular weight excluding hydrogens is 374 g/mol. The number of amides is 3. The quantitative estimate of drug-likeness (QED) is 0.743. The molecule has 2 aliphatic heterocycles. The van der Waals surface area contributed by atoms with E-state index in [1.165, 1.54) is 18.1 Å². The van der Waals surface area contributed by atoms with Crippen LogP contribution in [0.3, 0.4) is 0 Å². The van der Waals surface area contributed by atoms with Gasteiger partial charge in [0.25, 0.3) is 5.91 Å². The number of carbonyl (C=O) groups is 3. The summed E-state index contributed by atoms with van der Waals surface area (Å²) in [5.41, 5.74) is 8.44. The number of nitrogen functional groups attached to an aromatic ring is 1. The van der Waals surface area contributed by atoms with Crippen LogP contribution in [0, 0.1) is 11.3 Å². The van der Waals surface area contributed by atoms with Crippen LogP contribution in [-0.4, -0.2) is 40.8 Å². The van der Waals surface area contributed by atoms with Crippen molar-refractivity contribution in [2.75, 3.05) is 12.8 Å². The molecule has 0 saturated carbocycles. The number of pyridine rings is 1. The van der Waals surface area contributed by atoms with E-state index < -0.39 is 11.9 Å². The van der Waals surface area contributed by atoms with Gasteiger partial charge in [-0.1, -0.05) is 6.07 Å². The summed E-state index contributed by atoms with van der Waals surface area (Å²) < 4.78 is 5.35. The molecule has 0 radical (unpaired) electrons. The third-order valence-electron chi connectivity index (χ3n) is 5.15. The first-order chi connectivity index (χ1) is 13.9. The number of aromatic nitrogens is 1. The number of nitrogens with zero attached hydrogens (tertiary/aromatic N) is 3. The van der Waals surface area contributed by atoms with Gasteiger partial charge in [-0.05, 0) is 24.1 Å². The Morgan fingerprint density at radius 2 is 2.10 bits per heavy atom. The lowest BCUT2D eigenvalue weighted by atomic mass is 10.0. The van der Waals surface area contributed by atoms with Crippen molar-refractivity contribution in [3.63, 3.8) is 0 Å². The third kappa shape index (κ3) is 3.04. The number of nitrogens with one attached hydrogen (secondary N) is 1. The Morgan fingerprint density at radius 1 is 1.31 bits per heavy atom. The van der Waals surface area contributed by atoms with Gasteiger partial charge in [0.2, 0.25) is 11.8 Å². The standard InChI is InChI=1S/C20H17N5O4/c1-29-15-7-11(8-21)18(22)24-17(15)10-2-3-13-12(6-10)9-25(20(13)28)14-4-5-16(26)23-19(14)27/h2-3,6-7,14H,4-5,9H2,1H3,(H2,22,24)(H,23,26,27). The molecule has 4 rings (SSSR count). The Bertz CT molecular complexity index is 1100. The van der Waals surface area contributed by atoms with E-state index in [2.05, 4.69) is 10.3 Å². The Labute approximate surface area is 166 Å². The van der Waals surface area contributed by atoms with Crippen LogP contribution in [0.2, 0.25) is 0 Å². The van der Waals surface area contributed by atoms with E-state index in [9.17, 15) is 14.4 Å². The Hall–Kier alpha value is -3.93. The maximum Gasteiger partial charge on any atom is 0.255 e. The minimum atomic E-state index is -0.672. The predicted molar refractivity (Wildman–Crippen MR) is 101 cm³/mol. The smallest absolute Gasteiger partial charge is 0.255 e. The van der Waals surface area contributed by atoms with Gasteiger partial charge in [-0.3, -0.25) is 19.7 Å². The van der Waals surface area contributed by atoms with Crippen molar-refractivity contribution in [2.24, 2.45) is 0 Å². The van der Waals surface area contributed by atoms with Crippen LogP contribution >= 0.6 is 0 Å². The zero-order chi connectivity index (χ0) is 20.7. The van der Waals surface area contributed by atoms with E-state index in [0.717, 1.165) is 5.56 Å². The molecule has 2 aliphatic rings. The van der Waals surface area contributed by atoms with Crippen LogP contribution in [0.25, 0.3) is 11.3 Å². The van der Waals surface area contributed by atoms with Gasteiger partial charge in [0.15, 0.2) is 0 Å². The van der Waals surface area contributed by atoms with E-state index in [4.69, 9.17) is 15.7 Å². The molecule has 29 heavy (non-hydrogen) atoms. The van der Waals surface area contributed by atoms with Gasteiger partial charge in [-0.15, -0.1) is 0 Å². The Balaban J connectivity index is 1.68. The summed E-state index contributed by atoms with van der Waals surface area (Å²) in [6.45, 7) is 0.252. The van der Waals surface area contributed by atoms with Gasteiger partial charge in [0.05, 0.1) is 12.7 Å². The SMILES string of the molecule is COc1cc(C#N)c(N)nc1-c1ccc2c(c1)CN(C1CCC(=O)NC1=O)C2=O. The van der Waals surface area contributed by atoms with E-state index in [1.54, 1.807) is 18.2 Å². The fourth-order valence-corrected chi connectivity index (χ4v) is 3.68. The van der Waals surface area contributed by atoms with Crippen molar-refractivity contribution in [3.05, 3.63) is 41.0 Å². The number of imide groups is 1. The summed E-state index contributed by atoms with van der Waals surface area (Å²) in [6, 6.07) is 8.01. The number of nitrogens with two attached hydrogens (primary N) is 1. The average molecular weight is 391 g/mol. The largest absolute Gasteiger partial charge is 0.494 e. The molecule has 3 N–H and O–H groups in total. The number of ether oxygens (including phenoxy) is 1. The first kappa shape index (κ1) is 18.4. The first-order valence-electron chi connectivity index (χ1n) is 8.95. The molecule has 1 saturated heterocycles. The molecule has 1 aromatic heterocycles. The topological polar surface area (TPSA) is 138 Å². The van der Waals surface area contributed by atoms with Gasteiger partial charge in [-0.2, -0.15) is 5.26 Å². The molecule has 3 amide bonds. The fourth-order valence-electron chi connectivity index (χ4n) is 3.68. The minimum Gasteiger partial charge on any atom is -0.494 e. The van der Waals surface area contributed by atoms with E-state index in [-0.39, 0.29) is 36.2 Å². The van der Waals surface area contributed by atoms with E-state index >= 15 is 0 Å². The average Bonchev–Trinajstić information content (AvgIpc) is 3.03. The summed E-state index contributed by atoms with van der Waals surface area (Å²) >= 11 is 0. The second-order valence-corrected chi connectivity index (χ2v) is 6.86. The fraction of sp³-hybridized carbons (Fsp3) is 0.250. The highest BCUT2D eigenvalue weighted by Gasteiger charge is 2.39. The van der Waals surface area contributed by atoms with E-state index in [1.807, 2.05) is 6.07 Å². The number of piperidine rings is 1. The number of rotatable bonds is 3. The van der Waals surface area contributed by atoms with Crippen LogP contribution in [0.5, 0.6) is 5.75 Å². The van der Waals surface area contributed by atoms with Crippen LogP contribution in [0.4, 0.5) is 5.82 Å². The molecule has 0 aliphatic carbocycles. The maximum absolute atomic E-state index is 12.8. The van der Waals surface area contributed by atoms with Crippen molar-refractivity contribution in [1.29, 1.82) is 5.26 Å². The molecule has 2 aromatic rings. The molecule has 0 bridgehead atoms. The lowest BCUT2D eigenvalue weighted by Crippen LogP contribution is -2.52. The van der Waals surface area contributed by atoms with Crippen LogP contribution < -0.4 is 15.8 Å². The number of nitriles is 1. The summed E-state index contributed by atoms with van der Waals surface area (Å²) in [4.78, 5) is 42.1. The van der Waals surface area contributed by atoms with Crippen LogP contribution in [0.1, 0.15) is 34.3 Å². The number of methoxy groups -OCH3 is 1.